The summed E-state index contributed by atoms with van der Waals surface area (Å²) in [6.07, 6.45) is 9.72. The number of hydrogen-bond donors (Lipinski definition) is 2. The van der Waals surface area contributed by atoms with Gasteiger partial charge in [0.1, 0.15) is 0 Å². The molecule has 2 aromatic rings. The highest BCUT2D eigenvalue weighted by Gasteiger charge is 2.34. The first-order valence-corrected chi connectivity index (χ1v) is 11.7. The summed E-state index contributed by atoms with van der Waals surface area (Å²) in [5.41, 5.74) is 1.62. The van der Waals surface area contributed by atoms with Crippen molar-refractivity contribution < 1.29 is 24.2 Å². The Bertz CT molecular complexity index is 956. The van der Waals surface area contributed by atoms with Crippen molar-refractivity contribution in [3.63, 3.8) is 0 Å². The number of aliphatic hydroxyl groups excluding tert-OH is 1. The first kappa shape index (κ1) is 23.4. The highest BCUT2D eigenvalue weighted by Crippen LogP contribution is 2.28. The topological polar surface area (TPSA) is 116 Å². The molecule has 1 saturated carbocycles. The van der Waals surface area contributed by atoms with Gasteiger partial charge in [0.25, 0.3) is 5.91 Å². The van der Waals surface area contributed by atoms with Gasteiger partial charge in [-0.3, -0.25) is 4.79 Å². The monoisotopic (exact) mass is 456 g/mol. The molecule has 1 amide bonds. The van der Waals surface area contributed by atoms with Crippen LogP contribution in [0.25, 0.3) is 0 Å². The molecule has 0 bridgehead atoms. The van der Waals surface area contributed by atoms with Crippen molar-refractivity contribution in [2.75, 3.05) is 20.3 Å². The van der Waals surface area contributed by atoms with Gasteiger partial charge in [0, 0.05) is 18.2 Å². The summed E-state index contributed by atoms with van der Waals surface area (Å²) in [5, 5.41) is 21.4. The maximum absolute atomic E-state index is 12.7. The predicted molar refractivity (Wildman–Crippen MR) is 120 cm³/mol. The predicted octanol–water partition coefficient (Wildman–Crippen LogP) is 2.31. The number of carbonyl (C=O) groups excluding carboxylic acids is 2. The van der Waals surface area contributed by atoms with Crippen molar-refractivity contribution in [1.29, 1.82) is 0 Å². The molecule has 1 aliphatic heterocycles. The molecule has 2 heterocycles. The van der Waals surface area contributed by atoms with Gasteiger partial charge in [0.15, 0.2) is 0 Å². The van der Waals surface area contributed by atoms with Crippen molar-refractivity contribution in [1.82, 2.24) is 20.3 Å². The van der Waals surface area contributed by atoms with Crippen LogP contribution in [0.5, 0.6) is 0 Å². The second-order valence-corrected chi connectivity index (χ2v) is 8.99. The third-order valence-corrected chi connectivity index (χ3v) is 6.67. The molecule has 9 heteroatoms. The molecule has 1 saturated heterocycles. The summed E-state index contributed by atoms with van der Waals surface area (Å²) >= 11 is 0. The number of nitrogens with zero attached hydrogens (tertiary/aromatic N) is 3. The molecule has 0 radical (unpaired) electrons. The fourth-order valence-corrected chi connectivity index (χ4v) is 4.79. The number of aromatic nitrogens is 3. The first-order valence-electron chi connectivity index (χ1n) is 11.7. The molecule has 178 valence electrons. The molecule has 2 fully saturated rings. The summed E-state index contributed by atoms with van der Waals surface area (Å²) in [6.45, 7) is 0.186. The maximum Gasteiger partial charge on any atom is 0.337 e. The smallest absolute Gasteiger partial charge is 0.337 e. The van der Waals surface area contributed by atoms with Gasteiger partial charge in [0.05, 0.1) is 49.8 Å². The van der Waals surface area contributed by atoms with Gasteiger partial charge in [-0.25, -0.2) is 9.48 Å². The van der Waals surface area contributed by atoms with Gasteiger partial charge in [-0.2, -0.15) is 0 Å². The molecule has 1 aromatic heterocycles. The van der Waals surface area contributed by atoms with Crippen LogP contribution in [-0.2, 0) is 15.9 Å². The van der Waals surface area contributed by atoms with E-state index in [1.54, 1.807) is 18.2 Å². The number of carbonyl (C=O) groups is 2. The van der Waals surface area contributed by atoms with Crippen LogP contribution in [0.3, 0.4) is 0 Å². The van der Waals surface area contributed by atoms with Crippen LogP contribution in [-0.4, -0.2) is 64.4 Å². The molecule has 0 spiro atoms. The fourth-order valence-electron chi connectivity index (χ4n) is 4.79. The van der Waals surface area contributed by atoms with E-state index in [0.29, 0.717) is 24.5 Å². The molecule has 33 heavy (non-hydrogen) atoms. The largest absolute Gasteiger partial charge is 0.465 e. The van der Waals surface area contributed by atoms with Gasteiger partial charge < -0.3 is 19.9 Å². The Kier molecular flexibility index (Phi) is 7.72. The number of hydrogen-bond acceptors (Lipinski definition) is 7. The molecular formula is C24H32N4O5. The van der Waals surface area contributed by atoms with Crippen LogP contribution < -0.4 is 5.32 Å². The van der Waals surface area contributed by atoms with Crippen molar-refractivity contribution >= 4 is 11.9 Å². The van der Waals surface area contributed by atoms with E-state index >= 15 is 0 Å². The molecule has 2 aliphatic rings. The summed E-state index contributed by atoms with van der Waals surface area (Å²) in [6, 6.07) is 5.71. The van der Waals surface area contributed by atoms with E-state index in [-0.39, 0.29) is 30.2 Å². The number of nitrogens with one attached hydrogen (secondary N) is 1. The molecule has 9 nitrogen and oxygen atoms in total. The Balaban J connectivity index is 1.34. The fraction of sp³-hybridized carbons (Fsp3) is 0.583. The zero-order valence-corrected chi connectivity index (χ0v) is 19.0. The van der Waals surface area contributed by atoms with Gasteiger partial charge in [-0.1, -0.05) is 43.4 Å². The van der Waals surface area contributed by atoms with Crippen molar-refractivity contribution in [2.24, 2.45) is 5.92 Å². The Hall–Kier alpha value is -2.78. The Morgan fingerprint density at radius 2 is 2.06 bits per heavy atom. The van der Waals surface area contributed by atoms with E-state index in [0.717, 1.165) is 12.1 Å². The molecule has 1 aliphatic carbocycles. The highest BCUT2D eigenvalue weighted by molar-refractivity contribution is 5.98. The van der Waals surface area contributed by atoms with E-state index in [4.69, 9.17) is 9.47 Å². The van der Waals surface area contributed by atoms with Gasteiger partial charge in [0.2, 0.25) is 0 Å². The van der Waals surface area contributed by atoms with E-state index < -0.39 is 12.0 Å². The van der Waals surface area contributed by atoms with Gasteiger partial charge in [-0.15, -0.1) is 5.10 Å². The standard InChI is InChI=1S/C24H32N4O5/c1-32-24(31)18-9-5-8-17(11-18)23(30)25-21(14-29)22-12-20(15-33-22)28-13-19(26-27-28)10-16-6-3-2-4-7-16/h5,8-9,11,13,16,20-22,29H,2-4,6-7,10,12,14-15H2,1H3,(H,25,30)/t20-,21+,22+/m1/s1. The molecule has 4 rings (SSSR count). The first-order chi connectivity index (χ1) is 16.1. The third kappa shape index (κ3) is 5.78. The van der Waals surface area contributed by atoms with Gasteiger partial charge >= 0.3 is 5.97 Å². The summed E-state index contributed by atoms with van der Waals surface area (Å²) < 4.78 is 12.5. The van der Waals surface area contributed by atoms with Crippen LogP contribution in [0.2, 0.25) is 0 Å². The lowest BCUT2D eigenvalue weighted by atomic mass is 9.86. The summed E-state index contributed by atoms with van der Waals surface area (Å²) in [5.74, 6) is -0.202. The number of esters is 1. The van der Waals surface area contributed by atoms with Crippen molar-refractivity contribution in [3.05, 3.63) is 47.3 Å². The average molecular weight is 457 g/mol. The van der Waals surface area contributed by atoms with Crippen LogP contribution in [0.1, 0.15) is 71.0 Å². The van der Waals surface area contributed by atoms with Crippen LogP contribution in [0.15, 0.2) is 30.5 Å². The van der Waals surface area contributed by atoms with E-state index in [1.165, 1.54) is 45.3 Å². The normalized spacial score (nSPS) is 22.1. The number of benzene rings is 1. The molecular weight excluding hydrogens is 424 g/mol. The minimum Gasteiger partial charge on any atom is -0.465 e. The molecule has 1 aromatic carbocycles. The second kappa shape index (κ2) is 10.9. The van der Waals surface area contributed by atoms with Crippen LogP contribution in [0, 0.1) is 5.92 Å². The maximum atomic E-state index is 12.7. The lowest BCUT2D eigenvalue weighted by Gasteiger charge is -2.22. The number of aliphatic hydroxyl groups is 1. The lowest BCUT2D eigenvalue weighted by Crippen LogP contribution is -2.45. The highest BCUT2D eigenvalue weighted by atomic mass is 16.5. The summed E-state index contributed by atoms with van der Waals surface area (Å²) in [7, 11) is 1.29. The van der Waals surface area contributed by atoms with E-state index in [1.807, 2.05) is 10.9 Å². The number of ether oxygens (including phenoxy) is 2. The zero-order valence-electron chi connectivity index (χ0n) is 19.0. The number of amides is 1. The van der Waals surface area contributed by atoms with Crippen molar-refractivity contribution in [2.45, 2.75) is 63.1 Å². The third-order valence-electron chi connectivity index (χ3n) is 6.67. The Labute approximate surface area is 193 Å². The second-order valence-electron chi connectivity index (χ2n) is 8.99. The minimum atomic E-state index is -0.575. The lowest BCUT2D eigenvalue weighted by molar-refractivity contribution is 0.0490. The number of rotatable bonds is 8. The zero-order chi connectivity index (χ0) is 23.2. The Morgan fingerprint density at radius 1 is 1.27 bits per heavy atom. The van der Waals surface area contributed by atoms with Crippen LogP contribution in [0.4, 0.5) is 0 Å². The average Bonchev–Trinajstić information content (AvgIpc) is 3.52. The van der Waals surface area contributed by atoms with Crippen LogP contribution >= 0.6 is 0 Å². The molecule has 3 atom stereocenters. The van der Waals surface area contributed by atoms with Crippen molar-refractivity contribution in [3.8, 4) is 0 Å². The SMILES string of the molecule is COC(=O)c1cccc(C(=O)N[C@@H](CO)[C@@H]2C[C@@H](n3cc(CC4CCCCC4)nn3)CO2)c1. The molecule has 2 N–H and O–H groups in total. The number of methoxy groups -OCH3 is 1. The Morgan fingerprint density at radius 3 is 2.82 bits per heavy atom. The van der Waals surface area contributed by atoms with E-state index in [9.17, 15) is 14.7 Å². The minimum absolute atomic E-state index is 0.0104. The quantitative estimate of drug-likeness (QED) is 0.586. The molecule has 0 unspecified atom stereocenters. The van der Waals surface area contributed by atoms with Gasteiger partial charge in [-0.05, 0) is 30.5 Å². The summed E-state index contributed by atoms with van der Waals surface area (Å²) in [4.78, 5) is 24.5. The van der Waals surface area contributed by atoms with E-state index in [2.05, 4.69) is 15.6 Å².